The van der Waals surface area contributed by atoms with Gasteiger partial charge in [0, 0.05) is 44.6 Å². The minimum Gasteiger partial charge on any atom is -0.459 e. The second kappa shape index (κ2) is 9.63. The van der Waals surface area contributed by atoms with Gasteiger partial charge in [-0.15, -0.1) is 0 Å². The van der Waals surface area contributed by atoms with Gasteiger partial charge in [-0.25, -0.2) is 9.97 Å². The molecule has 2 heterocycles. The number of benzene rings is 2. The lowest BCUT2D eigenvalue weighted by atomic mass is 10.2. The Kier molecular flexibility index (Phi) is 6.83. The van der Waals surface area contributed by atoms with E-state index in [-0.39, 0.29) is 12.5 Å². The molecule has 0 fully saturated rings. The number of esters is 1. The summed E-state index contributed by atoms with van der Waals surface area (Å²) in [6.45, 7) is 5.58. The zero-order chi connectivity index (χ0) is 23.6. The highest BCUT2D eigenvalue weighted by Gasteiger charge is 2.21. The second-order valence-corrected chi connectivity index (χ2v) is 10.3. The molecule has 170 valence electrons. The van der Waals surface area contributed by atoms with Gasteiger partial charge in [0.25, 0.3) is 0 Å². The lowest BCUT2D eigenvalue weighted by Crippen LogP contribution is -2.31. The zero-order valence-corrected chi connectivity index (χ0v) is 20.7. The molecule has 0 saturated heterocycles. The summed E-state index contributed by atoms with van der Waals surface area (Å²) in [7, 11) is 0. The summed E-state index contributed by atoms with van der Waals surface area (Å²) < 4.78 is 9.34. The number of ether oxygens (including phenoxy) is 1. The van der Waals surface area contributed by atoms with Crippen molar-refractivity contribution in [2.45, 2.75) is 31.3 Å². The molecule has 0 saturated carbocycles. The summed E-state index contributed by atoms with van der Waals surface area (Å²) >= 11 is 13.7. The van der Waals surface area contributed by atoms with Crippen LogP contribution in [0.4, 0.5) is 5.69 Å². The van der Waals surface area contributed by atoms with Crippen molar-refractivity contribution in [1.29, 1.82) is 0 Å². The number of hydrogen-bond donors (Lipinski definition) is 0. The minimum atomic E-state index is -0.580. The molecule has 9 heteroatoms. The Hall–Kier alpha value is -2.74. The van der Waals surface area contributed by atoms with E-state index in [0.29, 0.717) is 16.0 Å². The van der Waals surface area contributed by atoms with E-state index < -0.39 is 5.60 Å². The smallest absolute Gasteiger partial charge is 0.327 e. The molecule has 0 spiro atoms. The Balaban J connectivity index is 1.68. The van der Waals surface area contributed by atoms with Gasteiger partial charge in [0.05, 0.1) is 5.52 Å². The third kappa shape index (κ3) is 5.99. The zero-order valence-electron chi connectivity index (χ0n) is 18.3. The van der Waals surface area contributed by atoms with E-state index in [1.165, 1.54) is 11.9 Å². The quantitative estimate of drug-likeness (QED) is 0.220. The molecule has 33 heavy (non-hydrogen) atoms. The predicted octanol–water partition coefficient (Wildman–Crippen LogP) is 6.58. The number of hydrogen-bond acceptors (Lipinski definition) is 6. The van der Waals surface area contributed by atoms with Crippen molar-refractivity contribution in [3.8, 4) is 5.95 Å². The van der Waals surface area contributed by atoms with Crippen molar-refractivity contribution in [2.24, 2.45) is 0 Å². The Bertz CT molecular complexity index is 1270. The Morgan fingerprint density at radius 3 is 2.42 bits per heavy atom. The normalized spacial score (nSPS) is 11.5. The van der Waals surface area contributed by atoms with Crippen LogP contribution >= 0.6 is 35.1 Å². The maximum absolute atomic E-state index is 12.7. The Morgan fingerprint density at radius 2 is 1.76 bits per heavy atom. The third-order valence-electron chi connectivity index (χ3n) is 4.47. The van der Waals surface area contributed by atoms with E-state index in [1.54, 1.807) is 24.5 Å². The maximum atomic E-state index is 12.7. The molecule has 0 bridgehead atoms. The van der Waals surface area contributed by atoms with Gasteiger partial charge in [-0.3, -0.25) is 9.36 Å². The summed E-state index contributed by atoms with van der Waals surface area (Å²) in [6.07, 6.45) is 5.33. The number of carbonyl (C=O) groups is 1. The molecule has 2 aromatic heterocycles. The van der Waals surface area contributed by atoms with Crippen LogP contribution < -0.4 is 4.31 Å². The van der Waals surface area contributed by atoms with Crippen LogP contribution in [0.25, 0.3) is 16.9 Å². The van der Waals surface area contributed by atoms with Crippen LogP contribution in [0.5, 0.6) is 0 Å². The van der Waals surface area contributed by atoms with Crippen LogP contribution in [0.15, 0.2) is 72.0 Å². The molecule has 0 atom stereocenters. The number of nitrogens with zero attached hydrogens (tertiary/aromatic N) is 4. The first-order chi connectivity index (χ1) is 15.7. The predicted molar refractivity (Wildman–Crippen MR) is 134 cm³/mol. The van der Waals surface area contributed by atoms with Crippen LogP contribution in [0.2, 0.25) is 10.0 Å². The molecule has 0 aliphatic carbocycles. The lowest BCUT2D eigenvalue weighted by Gasteiger charge is -2.26. The highest BCUT2D eigenvalue weighted by Crippen LogP contribution is 2.34. The molecular weight excluding hydrogens is 479 g/mol. The van der Waals surface area contributed by atoms with Crippen LogP contribution in [0.3, 0.4) is 0 Å². The highest BCUT2D eigenvalue weighted by atomic mass is 35.5. The van der Waals surface area contributed by atoms with Crippen LogP contribution in [-0.4, -0.2) is 32.7 Å². The number of rotatable bonds is 6. The summed E-state index contributed by atoms with van der Waals surface area (Å²) in [5, 5.41) is 2.04. The fraction of sp³-hybridized carbons (Fsp3) is 0.208. The first-order valence-corrected chi connectivity index (χ1v) is 11.7. The van der Waals surface area contributed by atoms with E-state index in [1.807, 2.05) is 72.2 Å². The summed E-state index contributed by atoms with van der Waals surface area (Å²) in [4.78, 5) is 22.1. The SMILES string of the molecule is CC(C)(C)OC(=O)CN(Sc1cc(Cl)cc(Cl)c1)c1ccc2c(ccn2-c2ncccn2)c1. The average molecular weight is 501 g/mol. The molecule has 0 aliphatic rings. The van der Waals surface area contributed by atoms with E-state index in [2.05, 4.69) is 9.97 Å². The van der Waals surface area contributed by atoms with Crippen LogP contribution in [0, 0.1) is 0 Å². The fourth-order valence-corrected chi connectivity index (χ4v) is 4.91. The fourth-order valence-electron chi connectivity index (χ4n) is 3.25. The topological polar surface area (TPSA) is 60.2 Å². The number of halogens is 2. The van der Waals surface area contributed by atoms with Gasteiger partial charge in [-0.05, 0) is 81.3 Å². The van der Waals surface area contributed by atoms with E-state index in [4.69, 9.17) is 27.9 Å². The van der Waals surface area contributed by atoms with Gasteiger partial charge in [-0.1, -0.05) is 23.2 Å². The molecule has 0 aliphatic heterocycles. The molecule has 6 nitrogen and oxygen atoms in total. The molecule has 4 aromatic rings. The van der Waals surface area contributed by atoms with Gasteiger partial charge in [0.2, 0.25) is 5.95 Å². The van der Waals surface area contributed by atoms with Gasteiger partial charge in [0.1, 0.15) is 12.1 Å². The van der Waals surface area contributed by atoms with Crippen molar-refractivity contribution in [3.05, 3.63) is 77.2 Å². The molecule has 0 radical (unpaired) electrons. The second-order valence-electron chi connectivity index (χ2n) is 8.30. The van der Waals surface area contributed by atoms with Crippen molar-refractivity contribution >= 4 is 57.7 Å². The van der Waals surface area contributed by atoms with Crippen LogP contribution in [-0.2, 0) is 9.53 Å². The summed E-state index contributed by atoms with van der Waals surface area (Å²) in [5.41, 5.74) is 1.21. The highest BCUT2D eigenvalue weighted by molar-refractivity contribution is 8.00. The average Bonchev–Trinajstić information content (AvgIpc) is 3.15. The van der Waals surface area contributed by atoms with Crippen LogP contribution in [0.1, 0.15) is 20.8 Å². The van der Waals surface area contributed by atoms with Gasteiger partial charge < -0.3 is 9.04 Å². The third-order valence-corrected chi connectivity index (χ3v) is 5.92. The van der Waals surface area contributed by atoms with E-state index in [0.717, 1.165) is 21.5 Å². The molecule has 4 rings (SSSR count). The first-order valence-electron chi connectivity index (χ1n) is 10.2. The number of anilines is 1. The van der Waals surface area contributed by atoms with Crippen molar-refractivity contribution in [2.75, 3.05) is 10.8 Å². The first kappa shape index (κ1) is 23.4. The molecular formula is C24H22Cl2N4O2S. The molecule has 2 aromatic carbocycles. The molecule has 0 amide bonds. The number of aromatic nitrogens is 3. The number of fused-ring (bicyclic) bond motifs is 1. The molecule has 0 N–H and O–H groups in total. The van der Waals surface area contributed by atoms with Crippen molar-refractivity contribution in [1.82, 2.24) is 14.5 Å². The minimum absolute atomic E-state index is 0.0417. The van der Waals surface area contributed by atoms with E-state index >= 15 is 0 Å². The maximum Gasteiger partial charge on any atom is 0.327 e. The lowest BCUT2D eigenvalue weighted by molar-refractivity contribution is -0.152. The van der Waals surface area contributed by atoms with Crippen molar-refractivity contribution in [3.63, 3.8) is 0 Å². The standard InChI is InChI=1S/C24H22Cl2N4O2S/c1-24(2,3)32-22(31)15-30(33-20-13-17(25)12-18(26)14-20)19-5-6-21-16(11-19)7-10-29(21)23-27-8-4-9-28-23/h4-14H,15H2,1-3H3. The van der Waals surface area contributed by atoms with E-state index in [9.17, 15) is 4.79 Å². The van der Waals surface area contributed by atoms with Gasteiger partial charge in [0.15, 0.2) is 0 Å². The molecule has 0 unspecified atom stereocenters. The number of carbonyl (C=O) groups excluding carboxylic acids is 1. The monoisotopic (exact) mass is 500 g/mol. The summed E-state index contributed by atoms with van der Waals surface area (Å²) in [5.74, 6) is 0.257. The van der Waals surface area contributed by atoms with Gasteiger partial charge in [-0.2, -0.15) is 0 Å². The Labute approximate surface area is 206 Å². The van der Waals surface area contributed by atoms with Gasteiger partial charge >= 0.3 is 5.97 Å². The largest absolute Gasteiger partial charge is 0.459 e. The Morgan fingerprint density at radius 1 is 1.06 bits per heavy atom. The van der Waals surface area contributed by atoms with Crippen molar-refractivity contribution < 1.29 is 9.53 Å². The summed E-state index contributed by atoms with van der Waals surface area (Å²) in [6, 6.07) is 15.0.